The van der Waals surface area contributed by atoms with Crippen LogP contribution in [0.2, 0.25) is 0 Å². The number of amides is 4. The minimum atomic E-state index is -1.61. The van der Waals surface area contributed by atoms with Gasteiger partial charge in [0.2, 0.25) is 17.7 Å². The molecule has 15 nitrogen and oxygen atoms in total. The number of likely N-dealkylation sites (tertiary alicyclic amines) is 1. The molecule has 0 bridgehead atoms. The third-order valence-electron chi connectivity index (χ3n) is 8.95. The Morgan fingerprint density at radius 3 is 1.90 bits per heavy atom. The van der Waals surface area contributed by atoms with Crippen molar-refractivity contribution in [2.24, 2.45) is 5.73 Å². The van der Waals surface area contributed by atoms with Gasteiger partial charge in [-0.2, -0.15) is 0 Å². The zero-order chi connectivity index (χ0) is 37.5. The molecule has 6 atom stereocenters. The maximum atomic E-state index is 13.7. The Bertz CT molecular complexity index is 1460. The summed E-state index contributed by atoms with van der Waals surface area (Å²) in [5.74, 6) is -4.56. The quantitative estimate of drug-likeness (QED) is 0.0852. The Morgan fingerprint density at radius 2 is 1.35 bits per heavy atom. The lowest BCUT2D eigenvalue weighted by atomic mass is 10.0. The molecule has 0 unspecified atom stereocenters. The van der Waals surface area contributed by atoms with Crippen molar-refractivity contribution in [3.8, 4) is 11.5 Å². The predicted molar refractivity (Wildman–Crippen MR) is 186 cm³/mol. The molecule has 4 amide bonds. The van der Waals surface area contributed by atoms with Gasteiger partial charge in [-0.15, -0.1) is 0 Å². The highest BCUT2D eigenvalue weighted by molar-refractivity contribution is 5.96. The lowest BCUT2D eigenvalue weighted by Crippen LogP contribution is -2.59. The molecule has 15 heteroatoms. The molecule has 0 aromatic heterocycles. The molecule has 10 N–H and O–H groups in total. The standard InChI is InChI=1S/C36H51N5O10/c1-2-3-4-5-6-8-26(37)31(45)34(48)40-29(21-42)35(49)41-18-7-9-30(41)33(47)38-27(19-22-10-14-24(43)15-11-22)32(46)39-28(36(50)51)20-23-12-16-25(44)17-13-23/h10-17,26-31,42-45H,2-9,18-21,37H2,1H3,(H,38,47)(H,39,46)(H,40,48)(H,50,51)/t26-,27+,28+,29-,30+,31+/m0/s1. The van der Waals surface area contributed by atoms with E-state index in [2.05, 4.69) is 22.9 Å². The van der Waals surface area contributed by atoms with E-state index in [1.54, 1.807) is 12.1 Å². The van der Waals surface area contributed by atoms with Crippen molar-refractivity contribution in [1.82, 2.24) is 20.9 Å². The summed E-state index contributed by atoms with van der Waals surface area (Å²) in [5, 5.41) is 57.1. The monoisotopic (exact) mass is 713 g/mol. The van der Waals surface area contributed by atoms with Crippen LogP contribution in [-0.4, -0.2) is 109 Å². The number of carboxylic acid groups (broad SMARTS) is 1. The van der Waals surface area contributed by atoms with E-state index in [1.165, 1.54) is 41.3 Å². The van der Waals surface area contributed by atoms with Gasteiger partial charge in [0.1, 0.15) is 41.8 Å². The second-order valence-corrected chi connectivity index (χ2v) is 12.9. The van der Waals surface area contributed by atoms with Crippen LogP contribution in [0, 0.1) is 0 Å². The van der Waals surface area contributed by atoms with Gasteiger partial charge >= 0.3 is 5.97 Å². The van der Waals surface area contributed by atoms with Crippen LogP contribution in [-0.2, 0) is 36.8 Å². The fraction of sp³-hybridized carbons (Fsp3) is 0.528. The van der Waals surface area contributed by atoms with Gasteiger partial charge in [0.25, 0.3) is 5.91 Å². The lowest BCUT2D eigenvalue weighted by Gasteiger charge is -2.30. The van der Waals surface area contributed by atoms with Gasteiger partial charge in [-0.1, -0.05) is 63.3 Å². The highest BCUT2D eigenvalue weighted by Crippen LogP contribution is 2.20. The van der Waals surface area contributed by atoms with Crippen molar-refractivity contribution in [1.29, 1.82) is 0 Å². The number of aromatic hydroxyl groups is 2. The highest BCUT2D eigenvalue weighted by Gasteiger charge is 2.40. The summed E-state index contributed by atoms with van der Waals surface area (Å²) < 4.78 is 0. The SMILES string of the molecule is CCCCCCC[C@H](N)[C@@H](O)C(=O)N[C@@H](CO)C(=O)N1CCC[C@@H]1C(=O)N[C@H](Cc1ccc(O)cc1)C(=O)N[C@H](Cc1ccc(O)cc1)C(=O)O. The topological polar surface area (TPSA) is 252 Å². The summed E-state index contributed by atoms with van der Waals surface area (Å²) >= 11 is 0. The second kappa shape index (κ2) is 20.2. The number of carbonyl (C=O) groups excluding carboxylic acids is 4. The molecule has 0 aliphatic carbocycles. The van der Waals surface area contributed by atoms with Gasteiger partial charge in [-0.25, -0.2) is 4.79 Å². The average molecular weight is 714 g/mol. The molecule has 3 rings (SSSR count). The van der Waals surface area contributed by atoms with Crippen LogP contribution in [0.25, 0.3) is 0 Å². The van der Waals surface area contributed by atoms with Gasteiger partial charge in [0.05, 0.1) is 6.61 Å². The molecule has 1 aliphatic rings. The minimum absolute atomic E-state index is 0.0104. The first-order chi connectivity index (χ1) is 24.3. The maximum Gasteiger partial charge on any atom is 0.326 e. The Hall–Kier alpha value is -4.73. The van der Waals surface area contributed by atoms with E-state index >= 15 is 0 Å². The summed E-state index contributed by atoms with van der Waals surface area (Å²) in [5.41, 5.74) is 7.10. The van der Waals surface area contributed by atoms with Gasteiger partial charge in [0.15, 0.2) is 0 Å². The van der Waals surface area contributed by atoms with Crippen molar-refractivity contribution < 1.29 is 49.5 Å². The number of aliphatic hydroxyl groups is 2. The molecule has 1 saturated heterocycles. The number of nitrogens with zero attached hydrogens (tertiary/aromatic N) is 1. The van der Waals surface area contributed by atoms with Crippen molar-refractivity contribution in [2.45, 2.75) is 107 Å². The first-order valence-corrected chi connectivity index (χ1v) is 17.4. The number of carboxylic acids is 1. The largest absolute Gasteiger partial charge is 0.508 e. The summed E-state index contributed by atoms with van der Waals surface area (Å²) in [6, 6.07) is 5.59. The van der Waals surface area contributed by atoms with E-state index in [9.17, 15) is 49.5 Å². The Labute approximate surface area is 297 Å². The number of nitrogens with two attached hydrogens (primary N) is 1. The van der Waals surface area contributed by atoms with Gasteiger partial charge in [-0.05, 0) is 54.7 Å². The number of benzene rings is 2. The maximum absolute atomic E-state index is 13.7. The number of carbonyl (C=O) groups is 5. The van der Waals surface area contributed by atoms with Crippen molar-refractivity contribution in [2.75, 3.05) is 13.2 Å². The van der Waals surface area contributed by atoms with Gasteiger partial charge in [0, 0.05) is 25.4 Å². The zero-order valence-corrected chi connectivity index (χ0v) is 28.9. The normalized spacial score (nSPS) is 17.1. The summed E-state index contributed by atoms with van der Waals surface area (Å²) in [6.45, 7) is 1.40. The number of unbranched alkanes of at least 4 members (excludes halogenated alkanes) is 4. The van der Waals surface area contributed by atoms with Crippen LogP contribution in [0.4, 0.5) is 0 Å². The number of phenols is 2. The molecule has 1 aliphatic heterocycles. The number of phenolic OH excluding ortho intramolecular Hbond substituents is 2. The molecule has 2 aromatic rings. The van der Waals surface area contributed by atoms with E-state index in [-0.39, 0.29) is 37.3 Å². The molecule has 2 aromatic carbocycles. The molecule has 1 heterocycles. The average Bonchev–Trinajstić information content (AvgIpc) is 3.61. The first kappa shape index (κ1) is 40.7. The van der Waals surface area contributed by atoms with Crippen LogP contribution in [0.1, 0.15) is 69.4 Å². The third-order valence-corrected chi connectivity index (χ3v) is 8.95. The lowest BCUT2D eigenvalue weighted by molar-refractivity contribution is -0.144. The Morgan fingerprint density at radius 1 is 0.804 bits per heavy atom. The van der Waals surface area contributed by atoms with Crippen molar-refractivity contribution in [3.63, 3.8) is 0 Å². The van der Waals surface area contributed by atoms with Crippen LogP contribution in [0.15, 0.2) is 48.5 Å². The van der Waals surface area contributed by atoms with E-state index < -0.39 is 72.5 Å². The fourth-order valence-corrected chi connectivity index (χ4v) is 5.97. The highest BCUT2D eigenvalue weighted by atomic mass is 16.4. The van der Waals surface area contributed by atoms with Crippen molar-refractivity contribution >= 4 is 29.6 Å². The van der Waals surface area contributed by atoms with E-state index in [1.807, 2.05) is 0 Å². The molecule has 0 saturated carbocycles. The van der Waals surface area contributed by atoms with Crippen LogP contribution in [0.5, 0.6) is 11.5 Å². The molecule has 1 fully saturated rings. The van der Waals surface area contributed by atoms with Crippen LogP contribution < -0.4 is 21.7 Å². The summed E-state index contributed by atoms with van der Waals surface area (Å²) in [4.78, 5) is 66.9. The smallest absolute Gasteiger partial charge is 0.326 e. The Balaban J connectivity index is 1.71. The minimum Gasteiger partial charge on any atom is -0.508 e. The number of nitrogens with one attached hydrogen (secondary N) is 3. The zero-order valence-electron chi connectivity index (χ0n) is 28.9. The molecular weight excluding hydrogens is 662 g/mol. The molecule has 280 valence electrons. The number of hydrogen-bond acceptors (Lipinski definition) is 10. The molecular formula is C36H51N5O10. The van der Waals surface area contributed by atoms with E-state index in [0.29, 0.717) is 24.0 Å². The fourth-order valence-electron chi connectivity index (χ4n) is 5.97. The van der Waals surface area contributed by atoms with Gasteiger partial charge in [-0.3, -0.25) is 19.2 Å². The van der Waals surface area contributed by atoms with Crippen LogP contribution in [0.3, 0.4) is 0 Å². The number of aliphatic carboxylic acids is 1. The van der Waals surface area contributed by atoms with Gasteiger partial charge < -0.3 is 52.1 Å². The number of hydrogen-bond donors (Lipinski definition) is 9. The van der Waals surface area contributed by atoms with E-state index in [4.69, 9.17) is 5.73 Å². The second-order valence-electron chi connectivity index (χ2n) is 12.9. The van der Waals surface area contributed by atoms with E-state index in [0.717, 1.165) is 32.1 Å². The number of aliphatic hydroxyl groups excluding tert-OH is 2. The first-order valence-electron chi connectivity index (χ1n) is 17.4. The number of rotatable bonds is 20. The molecule has 0 radical (unpaired) electrons. The van der Waals surface area contributed by atoms with Crippen LogP contribution >= 0.6 is 0 Å². The Kier molecular flexibility index (Phi) is 16.1. The predicted octanol–water partition coefficient (Wildman–Crippen LogP) is 0.454. The molecule has 51 heavy (non-hydrogen) atoms. The molecule has 0 spiro atoms. The van der Waals surface area contributed by atoms with Crippen molar-refractivity contribution in [3.05, 3.63) is 59.7 Å². The summed E-state index contributed by atoms with van der Waals surface area (Å²) in [6.07, 6.45) is 3.99. The third kappa shape index (κ3) is 12.5. The summed E-state index contributed by atoms with van der Waals surface area (Å²) in [7, 11) is 0.